The highest BCUT2D eigenvalue weighted by Crippen LogP contribution is 2.11. The molecular weight excluding hydrogens is 298 g/mol. The number of pyridine rings is 1. The van der Waals surface area contributed by atoms with Crippen LogP contribution < -0.4 is 10.1 Å². The topological polar surface area (TPSA) is 96.2 Å². The molecule has 2 aromatic heterocycles. The molecule has 116 valence electrons. The molecule has 2 N–H and O–H groups in total. The molecule has 0 bridgehead atoms. The predicted molar refractivity (Wildman–Crippen MR) is 81.1 cm³/mol. The van der Waals surface area contributed by atoms with Gasteiger partial charge >= 0.3 is 5.97 Å². The lowest BCUT2D eigenvalue weighted by atomic mass is 10.1. The number of carbonyl (C=O) groups is 1. The summed E-state index contributed by atoms with van der Waals surface area (Å²) in [6.07, 6.45) is 3.27. The molecule has 0 spiro atoms. The van der Waals surface area contributed by atoms with Crippen LogP contribution in [0.4, 0.5) is 0 Å². The van der Waals surface area contributed by atoms with Crippen LogP contribution in [0.25, 0.3) is 10.9 Å². The number of hydrogen-bond donors (Lipinski definition) is 2. The zero-order chi connectivity index (χ0) is 16.4. The number of aromatic amines is 1. The summed E-state index contributed by atoms with van der Waals surface area (Å²) in [6.45, 7) is 0.280. The molecule has 7 heteroatoms. The normalized spacial score (nSPS) is 10.7. The van der Waals surface area contributed by atoms with Gasteiger partial charge in [-0.15, -0.1) is 0 Å². The van der Waals surface area contributed by atoms with Gasteiger partial charge in [-0.3, -0.25) is 4.79 Å². The molecule has 7 nitrogen and oxygen atoms in total. The Balaban J connectivity index is 2.05. The summed E-state index contributed by atoms with van der Waals surface area (Å²) >= 11 is 0. The van der Waals surface area contributed by atoms with E-state index in [1.54, 1.807) is 29.0 Å². The third kappa shape index (κ3) is 3.03. The summed E-state index contributed by atoms with van der Waals surface area (Å²) in [5.41, 5.74) is 0.448. The van der Waals surface area contributed by atoms with Crippen LogP contribution in [0.15, 0.2) is 47.5 Å². The van der Waals surface area contributed by atoms with Gasteiger partial charge in [0.2, 0.25) is 12.7 Å². The number of methoxy groups -OCH3 is 1. The molecule has 3 aromatic rings. The van der Waals surface area contributed by atoms with E-state index >= 15 is 0 Å². The molecule has 0 radical (unpaired) electrons. The zero-order valence-electron chi connectivity index (χ0n) is 12.3. The molecule has 0 saturated heterocycles. The van der Waals surface area contributed by atoms with Crippen molar-refractivity contribution in [1.82, 2.24) is 9.97 Å². The molecule has 0 aliphatic heterocycles. The van der Waals surface area contributed by atoms with Crippen molar-refractivity contribution in [1.29, 1.82) is 0 Å². The lowest BCUT2D eigenvalue weighted by Crippen LogP contribution is -2.35. The zero-order valence-corrected chi connectivity index (χ0v) is 12.3. The van der Waals surface area contributed by atoms with Gasteiger partial charge in [0.05, 0.1) is 23.6 Å². The second kappa shape index (κ2) is 5.88. The smallest absolute Gasteiger partial charge is 0.337 e. The van der Waals surface area contributed by atoms with Gasteiger partial charge in [0.15, 0.2) is 17.8 Å². The summed E-state index contributed by atoms with van der Waals surface area (Å²) in [4.78, 5) is 30.8. The quantitative estimate of drug-likeness (QED) is 0.549. The minimum atomic E-state index is -0.488. The largest absolute Gasteiger partial charge is 0.503 e. The van der Waals surface area contributed by atoms with Crippen molar-refractivity contribution in [2.45, 2.75) is 6.54 Å². The van der Waals surface area contributed by atoms with E-state index in [-0.39, 0.29) is 17.9 Å². The SMILES string of the molecule is COC(=O)c1ccc2c(=O)[nH]c(C[n+]3cccc(O)c3)nc2c1. The molecule has 1 aromatic carbocycles. The van der Waals surface area contributed by atoms with Gasteiger partial charge in [-0.1, -0.05) is 0 Å². The fraction of sp³-hybridized carbons (Fsp3) is 0.125. The highest BCUT2D eigenvalue weighted by atomic mass is 16.5. The Hall–Kier alpha value is -3.22. The molecule has 0 unspecified atom stereocenters. The van der Waals surface area contributed by atoms with Crippen molar-refractivity contribution in [3.8, 4) is 5.75 Å². The van der Waals surface area contributed by atoms with Crippen LogP contribution in [0.3, 0.4) is 0 Å². The first-order valence-electron chi connectivity index (χ1n) is 6.86. The van der Waals surface area contributed by atoms with Crippen LogP contribution in [-0.4, -0.2) is 28.2 Å². The highest BCUT2D eigenvalue weighted by Gasteiger charge is 2.12. The summed E-state index contributed by atoms with van der Waals surface area (Å²) in [6, 6.07) is 7.82. The third-order valence-corrected chi connectivity index (χ3v) is 3.35. The number of aromatic hydroxyl groups is 1. The Labute approximate surface area is 130 Å². The predicted octanol–water partition coefficient (Wildman–Crippen LogP) is 0.751. The van der Waals surface area contributed by atoms with Crippen LogP contribution in [0.5, 0.6) is 5.75 Å². The maximum Gasteiger partial charge on any atom is 0.337 e. The molecule has 0 fully saturated rings. The van der Waals surface area contributed by atoms with Crippen LogP contribution >= 0.6 is 0 Å². The standard InChI is InChI=1S/C16H13N3O4/c1-23-16(22)10-4-5-12-13(7-10)17-14(18-15(12)21)9-19-6-2-3-11(20)8-19/h2-8H,9H2,1H3,(H-,17,18,20,21)/p+1. The molecular formula is C16H14N3O4+. The molecule has 0 saturated carbocycles. The number of nitrogens with one attached hydrogen (secondary N) is 1. The van der Waals surface area contributed by atoms with Crippen LogP contribution in [0.2, 0.25) is 0 Å². The van der Waals surface area contributed by atoms with Crippen LogP contribution in [0, 0.1) is 0 Å². The number of rotatable bonds is 3. The Bertz CT molecular complexity index is 949. The Morgan fingerprint density at radius 3 is 2.96 bits per heavy atom. The number of hydrogen-bond acceptors (Lipinski definition) is 5. The van der Waals surface area contributed by atoms with Crippen LogP contribution in [-0.2, 0) is 11.3 Å². The van der Waals surface area contributed by atoms with E-state index in [1.807, 2.05) is 0 Å². The summed E-state index contributed by atoms with van der Waals surface area (Å²) in [7, 11) is 1.29. The molecule has 2 heterocycles. The number of benzene rings is 1. The van der Waals surface area contributed by atoms with E-state index in [9.17, 15) is 14.7 Å². The van der Waals surface area contributed by atoms with Crippen molar-refractivity contribution in [2.75, 3.05) is 7.11 Å². The first kappa shape index (κ1) is 14.7. The number of fused-ring (bicyclic) bond motifs is 1. The lowest BCUT2D eigenvalue weighted by molar-refractivity contribution is -0.689. The third-order valence-electron chi connectivity index (χ3n) is 3.35. The van der Waals surface area contributed by atoms with Crippen molar-refractivity contribution in [2.24, 2.45) is 0 Å². The molecule has 0 aliphatic carbocycles. The molecule has 23 heavy (non-hydrogen) atoms. The molecule has 0 aliphatic rings. The summed E-state index contributed by atoms with van der Waals surface area (Å²) in [5.74, 6) is 0.0432. The number of carbonyl (C=O) groups excluding carboxylic acids is 1. The van der Waals surface area contributed by atoms with Gasteiger partial charge in [-0.2, -0.15) is 4.57 Å². The van der Waals surface area contributed by atoms with E-state index in [2.05, 4.69) is 14.7 Å². The second-order valence-corrected chi connectivity index (χ2v) is 4.97. The van der Waals surface area contributed by atoms with E-state index in [1.165, 1.54) is 25.4 Å². The van der Waals surface area contributed by atoms with Gasteiger partial charge in [-0.05, 0) is 24.3 Å². The fourth-order valence-electron chi connectivity index (χ4n) is 2.29. The van der Waals surface area contributed by atoms with Gasteiger partial charge in [0, 0.05) is 6.07 Å². The van der Waals surface area contributed by atoms with Crippen LogP contribution in [0.1, 0.15) is 16.2 Å². The Morgan fingerprint density at radius 1 is 1.39 bits per heavy atom. The van der Waals surface area contributed by atoms with Crippen molar-refractivity contribution < 1.29 is 19.2 Å². The first-order chi connectivity index (χ1) is 11.1. The van der Waals surface area contributed by atoms with Gasteiger partial charge in [0.25, 0.3) is 5.56 Å². The van der Waals surface area contributed by atoms with E-state index in [0.29, 0.717) is 22.3 Å². The van der Waals surface area contributed by atoms with E-state index < -0.39 is 5.97 Å². The van der Waals surface area contributed by atoms with E-state index in [0.717, 1.165) is 0 Å². The average molecular weight is 312 g/mol. The Kier molecular flexibility index (Phi) is 3.76. The maximum atomic E-state index is 12.1. The van der Waals surface area contributed by atoms with Gasteiger partial charge < -0.3 is 14.8 Å². The molecule has 0 amide bonds. The van der Waals surface area contributed by atoms with Gasteiger partial charge in [-0.25, -0.2) is 9.78 Å². The molecule has 0 atom stereocenters. The van der Waals surface area contributed by atoms with E-state index in [4.69, 9.17) is 0 Å². The first-order valence-corrected chi connectivity index (χ1v) is 6.86. The number of H-pyrrole nitrogens is 1. The number of esters is 1. The summed E-state index contributed by atoms with van der Waals surface area (Å²) in [5, 5.41) is 9.87. The monoisotopic (exact) mass is 312 g/mol. The number of nitrogens with zero attached hydrogens (tertiary/aromatic N) is 2. The highest BCUT2D eigenvalue weighted by molar-refractivity contribution is 5.93. The second-order valence-electron chi connectivity index (χ2n) is 4.97. The average Bonchev–Trinajstić information content (AvgIpc) is 2.53. The maximum absolute atomic E-state index is 12.1. The molecule has 3 rings (SSSR count). The van der Waals surface area contributed by atoms with Crippen molar-refractivity contribution >= 4 is 16.9 Å². The van der Waals surface area contributed by atoms with Crippen molar-refractivity contribution in [3.63, 3.8) is 0 Å². The number of aromatic nitrogens is 3. The number of ether oxygens (including phenoxy) is 1. The lowest BCUT2D eigenvalue weighted by Gasteiger charge is -2.03. The Morgan fingerprint density at radius 2 is 2.22 bits per heavy atom. The van der Waals surface area contributed by atoms with Gasteiger partial charge in [0.1, 0.15) is 0 Å². The minimum Gasteiger partial charge on any atom is -0.503 e. The van der Waals surface area contributed by atoms with Crippen molar-refractivity contribution in [3.05, 3.63) is 64.5 Å². The summed E-state index contributed by atoms with van der Waals surface area (Å²) < 4.78 is 6.35. The minimum absolute atomic E-state index is 0.114. The fourth-order valence-corrected chi connectivity index (χ4v) is 2.29.